The Hall–Kier alpha value is -1.56. The molecule has 0 unspecified atom stereocenters. The summed E-state index contributed by atoms with van der Waals surface area (Å²) in [5.41, 5.74) is 0.866. The minimum Gasteiger partial charge on any atom is -0.384 e. The fourth-order valence-electron chi connectivity index (χ4n) is 1.43. The Morgan fingerprint density at radius 3 is 2.50 bits per heavy atom. The summed E-state index contributed by atoms with van der Waals surface area (Å²) in [4.78, 5) is 11.2. The van der Waals surface area contributed by atoms with Crippen molar-refractivity contribution in [2.45, 2.75) is 6.92 Å². The standard InChI is InChI=1S/C12H18N2O3S/c1-2-13-12(15)10-18(16,17)9-8-14-11-6-4-3-5-7-11/h3-7,14H,2,8-10H2,1H3,(H,13,15). The average Bonchev–Trinajstić information content (AvgIpc) is 2.29. The van der Waals surface area contributed by atoms with Gasteiger partial charge in [0, 0.05) is 18.8 Å². The van der Waals surface area contributed by atoms with Crippen molar-refractivity contribution in [2.75, 3.05) is 29.9 Å². The minimum absolute atomic E-state index is 0.0565. The predicted octanol–water partition coefficient (Wildman–Crippen LogP) is 0.649. The zero-order valence-corrected chi connectivity index (χ0v) is 11.2. The molecular formula is C12H18N2O3S. The van der Waals surface area contributed by atoms with E-state index >= 15 is 0 Å². The fraction of sp³-hybridized carbons (Fsp3) is 0.417. The maximum Gasteiger partial charge on any atom is 0.235 e. The first-order valence-electron chi connectivity index (χ1n) is 5.79. The van der Waals surface area contributed by atoms with Crippen LogP contribution in [0.5, 0.6) is 0 Å². The maximum absolute atomic E-state index is 11.6. The highest BCUT2D eigenvalue weighted by Gasteiger charge is 2.15. The van der Waals surface area contributed by atoms with Crippen molar-refractivity contribution >= 4 is 21.4 Å². The van der Waals surface area contributed by atoms with E-state index in [2.05, 4.69) is 10.6 Å². The van der Waals surface area contributed by atoms with Crippen molar-refractivity contribution in [3.8, 4) is 0 Å². The van der Waals surface area contributed by atoms with Crippen LogP contribution < -0.4 is 10.6 Å². The van der Waals surface area contributed by atoms with E-state index < -0.39 is 21.5 Å². The Morgan fingerprint density at radius 1 is 1.22 bits per heavy atom. The summed E-state index contributed by atoms with van der Waals surface area (Å²) < 4.78 is 23.2. The molecule has 1 aromatic rings. The molecule has 0 spiro atoms. The van der Waals surface area contributed by atoms with Crippen LogP contribution in [-0.4, -0.2) is 38.9 Å². The second-order valence-electron chi connectivity index (χ2n) is 3.84. The van der Waals surface area contributed by atoms with Crippen LogP contribution in [0.3, 0.4) is 0 Å². The first kappa shape index (κ1) is 14.5. The maximum atomic E-state index is 11.6. The second-order valence-corrected chi connectivity index (χ2v) is 6.02. The number of nitrogens with one attached hydrogen (secondary N) is 2. The lowest BCUT2D eigenvalue weighted by Crippen LogP contribution is -2.32. The van der Waals surface area contributed by atoms with Gasteiger partial charge in [-0.25, -0.2) is 8.42 Å². The predicted molar refractivity (Wildman–Crippen MR) is 72.3 cm³/mol. The molecule has 0 bridgehead atoms. The lowest BCUT2D eigenvalue weighted by molar-refractivity contribution is -0.118. The van der Waals surface area contributed by atoms with Crippen molar-refractivity contribution in [3.05, 3.63) is 30.3 Å². The normalized spacial score (nSPS) is 10.9. The molecule has 0 aromatic heterocycles. The van der Waals surface area contributed by atoms with E-state index in [4.69, 9.17) is 0 Å². The number of amides is 1. The van der Waals surface area contributed by atoms with Gasteiger partial charge in [-0.15, -0.1) is 0 Å². The van der Waals surface area contributed by atoms with Gasteiger partial charge < -0.3 is 10.6 Å². The Balaban J connectivity index is 2.36. The summed E-state index contributed by atoms with van der Waals surface area (Å²) in [5, 5.41) is 5.47. The van der Waals surface area contributed by atoms with Crippen molar-refractivity contribution in [3.63, 3.8) is 0 Å². The van der Waals surface area contributed by atoms with Gasteiger partial charge in [0.15, 0.2) is 9.84 Å². The number of rotatable bonds is 7. The van der Waals surface area contributed by atoms with E-state index in [0.717, 1.165) is 5.69 Å². The van der Waals surface area contributed by atoms with Crippen LogP contribution in [0.25, 0.3) is 0 Å². The summed E-state index contributed by atoms with van der Waals surface area (Å²) in [6, 6.07) is 9.33. The van der Waals surface area contributed by atoms with Gasteiger partial charge in [0.1, 0.15) is 5.75 Å². The SMILES string of the molecule is CCNC(=O)CS(=O)(=O)CCNc1ccccc1. The van der Waals surface area contributed by atoms with Crippen LogP contribution >= 0.6 is 0 Å². The molecule has 0 aliphatic heterocycles. The van der Waals surface area contributed by atoms with E-state index in [1.54, 1.807) is 6.92 Å². The van der Waals surface area contributed by atoms with E-state index in [-0.39, 0.29) is 5.75 Å². The summed E-state index contributed by atoms with van der Waals surface area (Å²) in [6.07, 6.45) is 0. The first-order valence-corrected chi connectivity index (χ1v) is 7.61. The number of hydrogen-bond acceptors (Lipinski definition) is 4. The minimum atomic E-state index is -3.35. The van der Waals surface area contributed by atoms with E-state index in [1.165, 1.54) is 0 Å². The van der Waals surface area contributed by atoms with Crippen LogP contribution in [0, 0.1) is 0 Å². The van der Waals surface area contributed by atoms with Crippen LogP contribution in [0.1, 0.15) is 6.92 Å². The summed E-state index contributed by atoms with van der Waals surface area (Å²) in [5.74, 6) is -0.951. The highest BCUT2D eigenvalue weighted by atomic mass is 32.2. The summed E-state index contributed by atoms with van der Waals surface area (Å²) >= 11 is 0. The number of para-hydroxylation sites is 1. The molecule has 0 fully saturated rings. The number of sulfone groups is 1. The van der Waals surface area contributed by atoms with Crippen LogP contribution in [0.2, 0.25) is 0 Å². The molecule has 0 aliphatic rings. The van der Waals surface area contributed by atoms with Crippen LogP contribution in [-0.2, 0) is 14.6 Å². The number of anilines is 1. The molecule has 100 valence electrons. The molecule has 0 heterocycles. The van der Waals surface area contributed by atoms with Crippen molar-refractivity contribution in [2.24, 2.45) is 0 Å². The van der Waals surface area contributed by atoms with Crippen molar-refractivity contribution in [1.82, 2.24) is 5.32 Å². The molecule has 0 saturated carbocycles. The van der Waals surface area contributed by atoms with Gasteiger partial charge in [-0.2, -0.15) is 0 Å². The van der Waals surface area contributed by atoms with Crippen LogP contribution in [0.4, 0.5) is 5.69 Å². The quantitative estimate of drug-likeness (QED) is 0.763. The van der Waals surface area contributed by atoms with E-state index in [1.807, 2.05) is 30.3 Å². The van der Waals surface area contributed by atoms with Crippen LogP contribution in [0.15, 0.2) is 30.3 Å². The highest BCUT2D eigenvalue weighted by Crippen LogP contribution is 2.04. The van der Waals surface area contributed by atoms with Gasteiger partial charge in [-0.1, -0.05) is 18.2 Å². The van der Waals surface area contributed by atoms with Gasteiger partial charge in [-0.3, -0.25) is 4.79 Å². The Kier molecular flexibility index (Phi) is 5.64. The average molecular weight is 270 g/mol. The first-order chi connectivity index (χ1) is 8.53. The lowest BCUT2D eigenvalue weighted by atomic mass is 10.3. The molecule has 6 heteroatoms. The number of carbonyl (C=O) groups excluding carboxylic acids is 1. The molecule has 18 heavy (non-hydrogen) atoms. The third kappa shape index (κ3) is 5.67. The van der Waals surface area contributed by atoms with E-state index in [9.17, 15) is 13.2 Å². The zero-order chi connectivity index (χ0) is 13.4. The molecule has 0 aliphatic carbocycles. The zero-order valence-electron chi connectivity index (χ0n) is 10.3. The third-order valence-electron chi connectivity index (χ3n) is 2.24. The Labute approximate surface area is 108 Å². The molecular weight excluding hydrogens is 252 g/mol. The van der Waals surface area contributed by atoms with Gasteiger partial charge >= 0.3 is 0 Å². The van der Waals surface area contributed by atoms with E-state index in [0.29, 0.717) is 13.1 Å². The molecule has 0 atom stereocenters. The molecule has 0 saturated heterocycles. The fourth-order valence-corrected chi connectivity index (χ4v) is 2.49. The molecule has 1 aromatic carbocycles. The largest absolute Gasteiger partial charge is 0.384 e. The topological polar surface area (TPSA) is 75.3 Å². The molecule has 1 rings (SSSR count). The molecule has 1 amide bonds. The Morgan fingerprint density at radius 2 is 1.89 bits per heavy atom. The van der Waals surface area contributed by atoms with Crippen molar-refractivity contribution in [1.29, 1.82) is 0 Å². The van der Waals surface area contributed by atoms with Gasteiger partial charge in [0.2, 0.25) is 5.91 Å². The molecule has 0 radical (unpaired) electrons. The molecule has 2 N–H and O–H groups in total. The number of hydrogen-bond donors (Lipinski definition) is 2. The van der Waals surface area contributed by atoms with Gasteiger partial charge in [0.05, 0.1) is 5.75 Å². The monoisotopic (exact) mass is 270 g/mol. The van der Waals surface area contributed by atoms with Crippen molar-refractivity contribution < 1.29 is 13.2 Å². The Bertz CT molecular complexity index is 471. The third-order valence-corrected chi connectivity index (χ3v) is 3.77. The highest BCUT2D eigenvalue weighted by molar-refractivity contribution is 7.92. The molecule has 5 nitrogen and oxygen atoms in total. The lowest BCUT2D eigenvalue weighted by Gasteiger charge is -2.07. The number of carbonyl (C=O) groups is 1. The smallest absolute Gasteiger partial charge is 0.235 e. The van der Waals surface area contributed by atoms with Gasteiger partial charge in [0.25, 0.3) is 0 Å². The number of benzene rings is 1. The van der Waals surface area contributed by atoms with Gasteiger partial charge in [-0.05, 0) is 19.1 Å². The summed E-state index contributed by atoms with van der Waals surface area (Å²) in [7, 11) is -3.35. The second kappa shape index (κ2) is 7.00. The summed E-state index contributed by atoms with van der Waals surface area (Å²) in [6.45, 7) is 2.49.